The summed E-state index contributed by atoms with van der Waals surface area (Å²) in [6, 6.07) is 0.290. The number of aromatic nitrogens is 1. The lowest BCUT2D eigenvalue weighted by molar-refractivity contribution is -0.136. The molecule has 0 N–H and O–H groups in total. The number of thiazole rings is 1. The van der Waals surface area contributed by atoms with Gasteiger partial charge in [0.2, 0.25) is 5.91 Å². The molecule has 1 aromatic rings. The van der Waals surface area contributed by atoms with E-state index in [2.05, 4.69) is 32.7 Å². The quantitative estimate of drug-likeness (QED) is 0.607. The Morgan fingerprint density at radius 1 is 1.30 bits per heavy atom. The molecule has 1 aromatic heterocycles. The van der Waals surface area contributed by atoms with Gasteiger partial charge in [0.1, 0.15) is 5.01 Å². The highest BCUT2D eigenvalue weighted by atomic mass is 32.1. The molecule has 5 nitrogen and oxygen atoms in total. The fraction of sp³-hybridized carbons (Fsp3) is 0.762. The zero-order chi connectivity index (χ0) is 20.0. The van der Waals surface area contributed by atoms with Crippen molar-refractivity contribution in [1.82, 2.24) is 9.88 Å². The Kier molecular flexibility index (Phi) is 7.83. The zero-order valence-corrected chi connectivity index (χ0v) is 18.2. The average Bonchev–Trinajstić information content (AvgIpc) is 3.06. The molecule has 1 fully saturated rings. The summed E-state index contributed by atoms with van der Waals surface area (Å²) in [5, 5.41) is 2.52. The molecule has 1 heterocycles. The summed E-state index contributed by atoms with van der Waals surface area (Å²) in [7, 11) is 1.36. The number of carbonyl (C=O) groups excluding carboxylic acids is 2. The van der Waals surface area contributed by atoms with Crippen LogP contribution in [0.1, 0.15) is 88.1 Å². The van der Waals surface area contributed by atoms with Crippen LogP contribution in [0.2, 0.25) is 0 Å². The molecule has 0 aliphatic heterocycles. The number of esters is 1. The molecule has 0 bridgehead atoms. The minimum atomic E-state index is -0.424. The van der Waals surface area contributed by atoms with Crippen LogP contribution in [-0.4, -0.2) is 34.9 Å². The van der Waals surface area contributed by atoms with Gasteiger partial charge in [-0.2, -0.15) is 0 Å². The summed E-state index contributed by atoms with van der Waals surface area (Å²) < 4.78 is 4.74. The Balaban J connectivity index is 2.09. The van der Waals surface area contributed by atoms with E-state index in [0.29, 0.717) is 30.6 Å². The van der Waals surface area contributed by atoms with E-state index in [1.807, 2.05) is 4.90 Å². The second kappa shape index (κ2) is 9.67. The average molecular weight is 395 g/mol. The van der Waals surface area contributed by atoms with Crippen molar-refractivity contribution < 1.29 is 14.3 Å². The van der Waals surface area contributed by atoms with Crippen LogP contribution >= 0.6 is 11.3 Å². The molecule has 1 aliphatic rings. The fourth-order valence-corrected chi connectivity index (χ4v) is 4.84. The van der Waals surface area contributed by atoms with Crippen molar-refractivity contribution in [3.05, 3.63) is 16.1 Å². The maximum absolute atomic E-state index is 13.2. The molecule has 2 rings (SSSR count). The predicted octanol–water partition coefficient (Wildman–Crippen LogP) is 5.05. The molecule has 0 saturated heterocycles. The van der Waals surface area contributed by atoms with Gasteiger partial charge in [-0.05, 0) is 30.6 Å². The van der Waals surface area contributed by atoms with E-state index in [0.717, 1.165) is 24.3 Å². The van der Waals surface area contributed by atoms with E-state index in [-0.39, 0.29) is 11.3 Å². The molecule has 0 aromatic carbocycles. The maximum atomic E-state index is 13.2. The third kappa shape index (κ3) is 6.91. The Morgan fingerprint density at radius 3 is 2.56 bits per heavy atom. The number of hydrogen-bond acceptors (Lipinski definition) is 5. The van der Waals surface area contributed by atoms with Crippen LogP contribution < -0.4 is 0 Å². The lowest BCUT2D eigenvalue weighted by Crippen LogP contribution is -2.41. The number of amides is 1. The largest absolute Gasteiger partial charge is 0.464 e. The molecule has 1 atom stereocenters. The van der Waals surface area contributed by atoms with Crippen molar-refractivity contribution in [2.45, 2.75) is 85.2 Å². The molecule has 1 amide bonds. The van der Waals surface area contributed by atoms with Gasteiger partial charge < -0.3 is 9.64 Å². The molecular weight excluding hydrogens is 360 g/mol. The zero-order valence-electron chi connectivity index (χ0n) is 17.4. The first-order chi connectivity index (χ1) is 12.7. The first-order valence-corrected chi connectivity index (χ1v) is 10.9. The maximum Gasteiger partial charge on any atom is 0.357 e. The van der Waals surface area contributed by atoms with Gasteiger partial charge in [0.25, 0.3) is 0 Å². The minimum Gasteiger partial charge on any atom is -0.464 e. The van der Waals surface area contributed by atoms with Crippen molar-refractivity contribution in [3.63, 3.8) is 0 Å². The number of nitrogens with zero attached hydrogens (tertiary/aromatic N) is 2. The van der Waals surface area contributed by atoms with Gasteiger partial charge in [0, 0.05) is 17.8 Å². The smallest absolute Gasteiger partial charge is 0.357 e. The lowest BCUT2D eigenvalue weighted by Gasteiger charge is -2.35. The van der Waals surface area contributed by atoms with E-state index in [4.69, 9.17) is 4.74 Å². The Hall–Kier alpha value is -1.43. The third-order valence-corrected chi connectivity index (χ3v) is 5.91. The predicted molar refractivity (Wildman–Crippen MR) is 109 cm³/mol. The number of methoxy groups -OCH3 is 1. The van der Waals surface area contributed by atoms with Crippen LogP contribution in [0.15, 0.2) is 5.38 Å². The molecule has 1 aliphatic carbocycles. The normalized spacial score (nSPS) is 16.8. The second-order valence-corrected chi connectivity index (χ2v) is 9.95. The molecule has 0 radical (unpaired) electrons. The van der Waals surface area contributed by atoms with Crippen molar-refractivity contribution in [2.75, 3.05) is 7.11 Å². The molecular formula is C21H34N2O3S. The third-order valence-electron chi connectivity index (χ3n) is 5.07. The van der Waals surface area contributed by atoms with Gasteiger partial charge in [-0.25, -0.2) is 9.78 Å². The fourth-order valence-electron chi connectivity index (χ4n) is 4.07. The van der Waals surface area contributed by atoms with Crippen molar-refractivity contribution >= 4 is 23.2 Å². The molecule has 1 saturated carbocycles. The van der Waals surface area contributed by atoms with E-state index in [1.165, 1.54) is 37.7 Å². The van der Waals surface area contributed by atoms with Gasteiger partial charge in [-0.15, -0.1) is 11.3 Å². The monoisotopic (exact) mass is 394 g/mol. The first kappa shape index (κ1) is 21.9. The Labute approximate surface area is 167 Å². The van der Waals surface area contributed by atoms with E-state index < -0.39 is 5.97 Å². The highest BCUT2D eigenvalue weighted by Gasteiger charge is 2.28. The van der Waals surface area contributed by atoms with E-state index in [9.17, 15) is 9.59 Å². The molecule has 0 unspecified atom stereocenters. The topological polar surface area (TPSA) is 59.5 Å². The summed E-state index contributed by atoms with van der Waals surface area (Å²) in [5.41, 5.74) is 0.551. The van der Waals surface area contributed by atoms with Gasteiger partial charge in [-0.3, -0.25) is 4.79 Å². The van der Waals surface area contributed by atoms with Gasteiger partial charge in [0.05, 0.1) is 13.7 Å². The SMILES string of the molecule is COC(=O)c1csc(CN(C(=O)C[C@@H](C)CC(C)(C)C)C2CCCCC2)n1. The number of ether oxygens (including phenoxy) is 1. The second-order valence-electron chi connectivity index (χ2n) is 9.01. The summed E-state index contributed by atoms with van der Waals surface area (Å²) in [5.74, 6) is 0.144. The van der Waals surface area contributed by atoms with Crippen LogP contribution in [0.3, 0.4) is 0 Å². The number of carbonyl (C=O) groups is 2. The van der Waals surface area contributed by atoms with Gasteiger partial charge in [0.15, 0.2) is 5.69 Å². The molecule has 152 valence electrons. The first-order valence-electron chi connectivity index (χ1n) is 10.0. The lowest BCUT2D eigenvalue weighted by atomic mass is 9.84. The van der Waals surface area contributed by atoms with Crippen molar-refractivity contribution in [3.8, 4) is 0 Å². The van der Waals surface area contributed by atoms with Gasteiger partial charge >= 0.3 is 5.97 Å². The molecule has 27 heavy (non-hydrogen) atoms. The summed E-state index contributed by atoms with van der Waals surface area (Å²) >= 11 is 1.43. The summed E-state index contributed by atoms with van der Waals surface area (Å²) in [6.07, 6.45) is 7.34. The number of hydrogen-bond donors (Lipinski definition) is 0. The Bertz CT molecular complexity index is 630. The molecule has 6 heteroatoms. The van der Waals surface area contributed by atoms with Crippen LogP contribution in [0.4, 0.5) is 0 Å². The summed E-state index contributed by atoms with van der Waals surface area (Å²) in [4.78, 5) is 31.2. The minimum absolute atomic E-state index is 0.216. The van der Waals surface area contributed by atoms with Crippen molar-refractivity contribution in [2.24, 2.45) is 11.3 Å². The van der Waals surface area contributed by atoms with Crippen LogP contribution in [0.5, 0.6) is 0 Å². The van der Waals surface area contributed by atoms with E-state index >= 15 is 0 Å². The number of rotatable bonds is 7. The standard InChI is InChI=1S/C21H34N2O3S/c1-15(12-21(2,3)4)11-19(24)23(16-9-7-6-8-10-16)13-18-22-17(14-27-18)20(25)26-5/h14-16H,6-13H2,1-5H3/t15-/m1/s1. The highest BCUT2D eigenvalue weighted by Crippen LogP contribution is 2.29. The van der Waals surface area contributed by atoms with Crippen LogP contribution in [0, 0.1) is 11.3 Å². The van der Waals surface area contributed by atoms with E-state index in [1.54, 1.807) is 5.38 Å². The summed E-state index contributed by atoms with van der Waals surface area (Å²) in [6.45, 7) is 9.32. The Morgan fingerprint density at radius 2 is 1.96 bits per heavy atom. The van der Waals surface area contributed by atoms with Crippen LogP contribution in [0.25, 0.3) is 0 Å². The van der Waals surface area contributed by atoms with Crippen molar-refractivity contribution in [1.29, 1.82) is 0 Å². The van der Waals surface area contributed by atoms with Gasteiger partial charge in [-0.1, -0.05) is 47.0 Å². The molecule has 0 spiro atoms. The van der Waals surface area contributed by atoms with Crippen LogP contribution in [-0.2, 0) is 16.1 Å². The highest BCUT2D eigenvalue weighted by molar-refractivity contribution is 7.09.